The van der Waals surface area contributed by atoms with Crippen molar-refractivity contribution in [1.29, 1.82) is 0 Å². The normalized spacial score (nSPS) is 12.7. The van der Waals surface area contributed by atoms with Crippen LogP contribution in [-0.2, 0) is 4.79 Å². The van der Waals surface area contributed by atoms with Crippen LogP contribution in [0, 0.1) is 0 Å². The van der Waals surface area contributed by atoms with Gasteiger partial charge in [-0.1, -0.05) is 42.5 Å². The minimum atomic E-state index is -0.882. The number of hydrogen-bond donors (Lipinski definition) is 1. The van der Waals surface area contributed by atoms with Crippen molar-refractivity contribution in [2.75, 3.05) is 0 Å². The Morgan fingerprint density at radius 2 is 1.73 bits per heavy atom. The van der Waals surface area contributed by atoms with Gasteiger partial charge in [0.1, 0.15) is 0 Å². The van der Waals surface area contributed by atoms with Crippen LogP contribution in [0.5, 0.6) is 0 Å². The summed E-state index contributed by atoms with van der Waals surface area (Å²) in [6.45, 7) is 3.54. The van der Waals surface area contributed by atoms with Gasteiger partial charge in [0.05, 0.1) is 0 Å². The molecule has 0 atom stereocenters. The second-order valence-electron chi connectivity index (χ2n) is 3.37. The molecule has 0 bridgehead atoms. The van der Waals surface area contributed by atoms with E-state index in [1.54, 1.807) is 13.0 Å². The van der Waals surface area contributed by atoms with E-state index < -0.39 is 5.97 Å². The molecule has 0 aliphatic carbocycles. The molecule has 1 N–H and O–H groups in total. The van der Waals surface area contributed by atoms with Gasteiger partial charge >= 0.3 is 5.97 Å². The number of aliphatic carboxylic acids is 1. The van der Waals surface area contributed by atoms with Crippen LogP contribution in [-0.4, -0.2) is 11.1 Å². The van der Waals surface area contributed by atoms with Gasteiger partial charge in [-0.05, 0) is 25.0 Å². The van der Waals surface area contributed by atoms with Crippen molar-refractivity contribution in [3.05, 3.63) is 53.6 Å². The molecular weight excluding hydrogens is 188 g/mol. The first-order valence-corrected chi connectivity index (χ1v) is 4.75. The molecule has 1 aromatic carbocycles. The SMILES string of the molecule is CC(=CC=C(C)c1ccccc1)C(=O)O. The number of rotatable bonds is 3. The lowest BCUT2D eigenvalue weighted by Gasteiger charge is -1.99. The van der Waals surface area contributed by atoms with E-state index in [2.05, 4.69) is 0 Å². The summed E-state index contributed by atoms with van der Waals surface area (Å²) in [5, 5.41) is 8.67. The Hall–Kier alpha value is -1.83. The fourth-order valence-electron chi connectivity index (χ4n) is 1.12. The van der Waals surface area contributed by atoms with E-state index in [4.69, 9.17) is 5.11 Å². The maximum absolute atomic E-state index is 10.6. The first-order chi connectivity index (χ1) is 7.11. The third-order valence-corrected chi connectivity index (χ3v) is 2.15. The maximum Gasteiger partial charge on any atom is 0.331 e. The number of carbonyl (C=O) groups is 1. The van der Waals surface area contributed by atoms with Gasteiger partial charge in [0.2, 0.25) is 0 Å². The van der Waals surface area contributed by atoms with Gasteiger partial charge in [0.15, 0.2) is 0 Å². The molecule has 0 heterocycles. The van der Waals surface area contributed by atoms with Gasteiger partial charge in [-0.15, -0.1) is 0 Å². The predicted molar refractivity (Wildman–Crippen MR) is 61.5 cm³/mol. The molecule has 0 aliphatic heterocycles. The lowest BCUT2D eigenvalue weighted by Crippen LogP contribution is -1.94. The van der Waals surface area contributed by atoms with Crippen LogP contribution < -0.4 is 0 Å². The van der Waals surface area contributed by atoms with Crippen molar-refractivity contribution in [1.82, 2.24) is 0 Å². The van der Waals surface area contributed by atoms with Crippen LogP contribution in [0.15, 0.2) is 48.1 Å². The Labute approximate surface area is 89.6 Å². The lowest BCUT2D eigenvalue weighted by molar-refractivity contribution is -0.132. The molecule has 0 amide bonds. The summed E-state index contributed by atoms with van der Waals surface area (Å²) < 4.78 is 0. The predicted octanol–water partition coefficient (Wildman–Crippen LogP) is 3.12. The fraction of sp³-hybridized carbons (Fsp3) is 0.154. The van der Waals surface area contributed by atoms with E-state index in [1.807, 2.05) is 43.3 Å². The zero-order valence-electron chi connectivity index (χ0n) is 8.90. The van der Waals surface area contributed by atoms with Gasteiger partial charge in [-0.3, -0.25) is 0 Å². The molecule has 0 aliphatic rings. The average molecular weight is 202 g/mol. The molecule has 78 valence electrons. The van der Waals surface area contributed by atoms with Gasteiger partial charge in [0.25, 0.3) is 0 Å². The van der Waals surface area contributed by atoms with Gasteiger partial charge in [-0.25, -0.2) is 4.79 Å². The molecule has 2 heteroatoms. The smallest absolute Gasteiger partial charge is 0.331 e. The number of benzene rings is 1. The molecule has 0 saturated heterocycles. The van der Waals surface area contributed by atoms with Crippen molar-refractivity contribution in [2.45, 2.75) is 13.8 Å². The molecule has 0 unspecified atom stereocenters. The molecular formula is C13H14O2. The molecule has 2 nitrogen and oxygen atoms in total. The summed E-state index contributed by atoms with van der Waals surface area (Å²) in [7, 11) is 0. The van der Waals surface area contributed by atoms with E-state index in [0.29, 0.717) is 5.57 Å². The van der Waals surface area contributed by atoms with E-state index >= 15 is 0 Å². The first-order valence-electron chi connectivity index (χ1n) is 4.75. The van der Waals surface area contributed by atoms with Crippen molar-refractivity contribution >= 4 is 11.5 Å². The van der Waals surface area contributed by atoms with E-state index in [1.165, 1.54) is 0 Å². The van der Waals surface area contributed by atoms with Crippen molar-refractivity contribution < 1.29 is 9.90 Å². The lowest BCUT2D eigenvalue weighted by atomic mass is 10.1. The Morgan fingerprint density at radius 3 is 2.27 bits per heavy atom. The summed E-state index contributed by atoms with van der Waals surface area (Å²) in [5.41, 5.74) is 2.49. The van der Waals surface area contributed by atoms with Crippen LogP contribution in [0.2, 0.25) is 0 Å². The van der Waals surface area contributed by atoms with Crippen LogP contribution in [0.25, 0.3) is 5.57 Å². The van der Waals surface area contributed by atoms with Gasteiger partial charge in [0, 0.05) is 5.57 Å². The second-order valence-corrected chi connectivity index (χ2v) is 3.37. The highest BCUT2D eigenvalue weighted by Crippen LogP contribution is 2.13. The second kappa shape index (κ2) is 5.15. The summed E-state index contributed by atoms with van der Waals surface area (Å²) in [5.74, 6) is -0.882. The standard InChI is InChI=1S/C13H14O2/c1-10(8-9-11(2)13(14)15)12-6-4-3-5-7-12/h3-9H,1-2H3,(H,14,15). The Bertz CT molecular complexity index is 400. The molecule has 0 radical (unpaired) electrons. The molecule has 0 spiro atoms. The summed E-state index contributed by atoms with van der Waals surface area (Å²) in [4.78, 5) is 10.6. The number of carboxylic acids is 1. The van der Waals surface area contributed by atoms with Crippen LogP contribution in [0.1, 0.15) is 19.4 Å². The van der Waals surface area contributed by atoms with E-state index in [0.717, 1.165) is 11.1 Å². The highest BCUT2D eigenvalue weighted by atomic mass is 16.4. The summed E-state index contributed by atoms with van der Waals surface area (Å²) >= 11 is 0. The zero-order valence-corrected chi connectivity index (χ0v) is 8.90. The largest absolute Gasteiger partial charge is 0.478 e. The fourth-order valence-corrected chi connectivity index (χ4v) is 1.12. The quantitative estimate of drug-likeness (QED) is 0.604. The Morgan fingerprint density at radius 1 is 1.13 bits per heavy atom. The Balaban J connectivity index is 2.86. The average Bonchev–Trinajstić information content (AvgIpc) is 2.26. The van der Waals surface area contributed by atoms with E-state index in [9.17, 15) is 4.79 Å². The summed E-state index contributed by atoms with van der Waals surface area (Å²) in [6.07, 6.45) is 3.43. The van der Waals surface area contributed by atoms with Crippen LogP contribution in [0.3, 0.4) is 0 Å². The van der Waals surface area contributed by atoms with Gasteiger partial charge in [-0.2, -0.15) is 0 Å². The highest BCUT2D eigenvalue weighted by Gasteiger charge is 1.97. The number of hydrogen-bond acceptors (Lipinski definition) is 1. The molecule has 1 rings (SSSR count). The molecule has 0 fully saturated rings. The Kier molecular flexibility index (Phi) is 3.86. The molecule has 1 aromatic rings. The minimum Gasteiger partial charge on any atom is -0.478 e. The van der Waals surface area contributed by atoms with Gasteiger partial charge < -0.3 is 5.11 Å². The third-order valence-electron chi connectivity index (χ3n) is 2.15. The highest BCUT2D eigenvalue weighted by molar-refractivity contribution is 5.86. The minimum absolute atomic E-state index is 0.338. The van der Waals surface area contributed by atoms with E-state index in [-0.39, 0.29) is 0 Å². The molecule has 0 aromatic heterocycles. The van der Waals surface area contributed by atoms with Crippen LogP contribution in [0.4, 0.5) is 0 Å². The van der Waals surface area contributed by atoms with Crippen molar-refractivity contribution in [3.63, 3.8) is 0 Å². The topological polar surface area (TPSA) is 37.3 Å². The van der Waals surface area contributed by atoms with Crippen molar-refractivity contribution in [2.24, 2.45) is 0 Å². The summed E-state index contributed by atoms with van der Waals surface area (Å²) in [6, 6.07) is 9.86. The zero-order chi connectivity index (χ0) is 11.3. The number of carboxylic acid groups (broad SMARTS) is 1. The molecule has 0 saturated carbocycles. The maximum atomic E-state index is 10.6. The number of allylic oxidation sites excluding steroid dienone is 3. The third kappa shape index (κ3) is 3.43. The molecule has 15 heavy (non-hydrogen) atoms. The monoisotopic (exact) mass is 202 g/mol. The first kappa shape index (κ1) is 11.2. The van der Waals surface area contributed by atoms with Crippen molar-refractivity contribution in [3.8, 4) is 0 Å². The van der Waals surface area contributed by atoms with Crippen LogP contribution >= 0.6 is 0 Å².